The zero-order chi connectivity index (χ0) is 18.1. The van der Waals surface area contributed by atoms with Gasteiger partial charge in [-0.05, 0) is 30.0 Å². The number of piperazine rings is 1. The van der Waals surface area contributed by atoms with Gasteiger partial charge in [0, 0.05) is 38.6 Å². The second kappa shape index (κ2) is 6.92. The first-order valence-corrected chi connectivity index (χ1v) is 9.53. The van der Waals surface area contributed by atoms with E-state index in [0.717, 1.165) is 21.8 Å². The summed E-state index contributed by atoms with van der Waals surface area (Å²) in [5, 5.41) is 1.91. The van der Waals surface area contributed by atoms with E-state index >= 15 is 0 Å². The number of rotatable bonds is 3. The molecule has 1 aliphatic rings. The van der Waals surface area contributed by atoms with Gasteiger partial charge in [-0.2, -0.15) is 0 Å². The fourth-order valence-corrected chi connectivity index (χ4v) is 4.01. The molecule has 26 heavy (non-hydrogen) atoms. The van der Waals surface area contributed by atoms with Crippen LogP contribution in [0.3, 0.4) is 0 Å². The van der Waals surface area contributed by atoms with Crippen LogP contribution < -0.4 is 0 Å². The van der Waals surface area contributed by atoms with Crippen molar-refractivity contribution in [2.24, 2.45) is 0 Å². The standard InChI is InChI=1S/C19H20N4O2S/c1-14-4-2-6-23-15(13-20-18(14)23)12-17(24)21-7-9-22(10-8-21)19(25)16-5-3-11-26-16/h2-6,11,13H,7-10,12H2,1H3. The average molecular weight is 368 g/mol. The van der Waals surface area contributed by atoms with Crippen molar-refractivity contribution in [3.8, 4) is 0 Å². The summed E-state index contributed by atoms with van der Waals surface area (Å²) in [4.78, 5) is 33.9. The maximum atomic E-state index is 12.7. The fourth-order valence-electron chi connectivity index (χ4n) is 3.31. The molecule has 1 saturated heterocycles. The van der Waals surface area contributed by atoms with Crippen LogP contribution in [0.4, 0.5) is 0 Å². The summed E-state index contributed by atoms with van der Waals surface area (Å²) in [6.07, 6.45) is 4.04. The van der Waals surface area contributed by atoms with Gasteiger partial charge in [0.1, 0.15) is 5.65 Å². The minimum atomic E-state index is 0.0596. The third-order valence-corrected chi connectivity index (χ3v) is 5.65. The number of nitrogens with zero attached hydrogens (tertiary/aromatic N) is 4. The highest BCUT2D eigenvalue weighted by atomic mass is 32.1. The van der Waals surface area contributed by atoms with E-state index in [0.29, 0.717) is 32.6 Å². The predicted molar refractivity (Wildman–Crippen MR) is 100 cm³/mol. The van der Waals surface area contributed by atoms with Crippen LogP contribution in [-0.4, -0.2) is 57.2 Å². The topological polar surface area (TPSA) is 57.9 Å². The van der Waals surface area contributed by atoms with Crippen LogP contribution in [0.1, 0.15) is 20.9 Å². The van der Waals surface area contributed by atoms with E-state index in [1.54, 1.807) is 6.20 Å². The van der Waals surface area contributed by atoms with Crippen molar-refractivity contribution in [1.82, 2.24) is 19.2 Å². The molecule has 0 atom stereocenters. The van der Waals surface area contributed by atoms with E-state index in [4.69, 9.17) is 0 Å². The van der Waals surface area contributed by atoms with Crippen LogP contribution in [-0.2, 0) is 11.2 Å². The van der Waals surface area contributed by atoms with Crippen molar-refractivity contribution in [2.45, 2.75) is 13.3 Å². The molecule has 7 heteroatoms. The quantitative estimate of drug-likeness (QED) is 0.712. The number of fused-ring (bicyclic) bond motifs is 1. The van der Waals surface area contributed by atoms with Crippen molar-refractivity contribution >= 4 is 28.8 Å². The molecular weight excluding hydrogens is 348 g/mol. The third kappa shape index (κ3) is 3.10. The van der Waals surface area contributed by atoms with E-state index in [9.17, 15) is 9.59 Å². The molecule has 4 rings (SSSR count). The Morgan fingerprint density at radius 1 is 1.12 bits per heavy atom. The smallest absolute Gasteiger partial charge is 0.264 e. The summed E-state index contributed by atoms with van der Waals surface area (Å²) in [6, 6.07) is 7.71. The van der Waals surface area contributed by atoms with E-state index < -0.39 is 0 Å². The molecule has 1 fully saturated rings. The lowest BCUT2D eigenvalue weighted by Crippen LogP contribution is -2.50. The largest absolute Gasteiger partial charge is 0.339 e. The number of hydrogen-bond acceptors (Lipinski definition) is 4. The highest BCUT2D eigenvalue weighted by Crippen LogP contribution is 2.15. The molecule has 3 aromatic heterocycles. The molecule has 0 bridgehead atoms. The van der Waals surface area contributed by atoms with Crippen LogP contribution >= 0.6 is 11.3 Å². The lowest BCUT2D eigenvalue weighted by molar-refractivity contribution is -0.132. The minimum Gasteiger partial charge on any atom is -0.339 e. The number of hydrogen-bond donors (Lipinski definition) is 0. The zero-order valence-electron chi connectivity index (χ0n) is 14.6. The molecule has 0 aromatic carbocycles. The first-order valence-electron chi connectivity index (χ1n) is 8.65. The van der Waals surface area contributed by atoms with Crippen LogP contribution in [0.2, 0.25) is 0 Å². The fraction of sp³-hybridized carbons (Fsp3) is 0.316. The Balaban J connectivity index is 1.39. The molecule has 3 aromatic rings. The Labute approximate surface area is 155 Å². The molecule has 6 nitrogen and oxygen atoms in total. The van der Waals surface area contributed by atoms with Gasteiger partial charge < -0.3 is 14.2 Å². The number of aryl methyl sites for hydroxylation is 1. The molecule has 0 unspecified atom stereocenters. The van der Waals surface area contributed by atoms with Crippen LogP contribution in [0.5, 0.6) is 0 Å². The SMILES string of the molecule is Cc1cccn2c(CC(=O)N3CCN(C(=O)c4cccs4)CC3)cnc12. The Morgan fingerprint density at radius 3 is 2.62 bits per heavy atom. The molecule has 0 radical (unpaired) electrons. The van der Waals surface area contributed by atoms with Crippen molar-refractivity contribution in [3.63, 3.8) is 0 Å². The second-order valence-corrected chi connectivity index (χ2v) is 7.41. The van der Waals surface area contributed by atoms with Crippen molar-refractivity contribution in [1.29, 1.82) is 0 Å². The molecule has 1 aliphatic heterocycles. The van der Waals surface area contributed by atoms with Crippen LogP contribution in [0.25, 0.3) is 5.65 Å². The first kappa shape index (κ1) is 16.8. The maximum absolute atomic E-state index is 12.7. The summed E-state index contributed by atoms with van der Waals surface area (Å²) < 4.78 is 1.98. The lowest BCUT2D eigenvalue weighted by atomic mass is 10.2. The Morgan fingerprint density at radius 2 is 1.88 bits per heavy atom. The van der Waals surface area contributed by atoms with Gasteiger partial charge in [-0.15, -0.1) is 11.3 Å². The number of carbonyl (C=O) groups is 2. The zero-order valence-corrected chi connectivity index (χ0v) is 15.4. The summed E-state index contributed by atoms with van der Waals surface area (Å²) in [6.45, 7) is 4.32. The van der Waals surface area contributed by atoms with Crippen molar-refractivity contribution < 1.29 is 9.59 Å². The molecule has 134 valence electrons. The number of carbonyl (C=O) groups excluding carboxylic acids is 2. The molecule has 0 spiro atoms. The summed E-state index contributed by atoms with van der Waals surface area (Å²) in [5.41, 5.74) is 2.87. The number of pyridine rings is 1. The molecule has 4 heterocycles. The predicted octanol–water partition coefficient (Wildman–Crippen LogP) is 2.23. The Kier molecular flexibility index (Phi) is 4.46. The van der Waals surface area contributed by atoms with Crippen LogP contribution in [0.15, 0.2) is 42.0 Å². The molecular formula is C19H20N4O2S. The number of amides is 2. The van der Waals surface area contributed by atoms with Crippen LogP contribution in [0, 0.1) is 6.92 Å². The van der Waals surface area contributed by atoms with E-state index in [1.165, 1.54) is 11.3 Å². The molecule has 0 aliphatic carbocycles. The van der Waals surface area contributed by atoms with Gasteiger partial charge in [0.15, 0.2) is 0 Å². The van der Waals surface area contributed by atoms with E-state index in [-0.39, 0.29) is 11.8 Å². The normalized spacial score (nSPS) is 14.8. The summed E-state index contributed by atoms with van der Waals surface area (Å²) in [7, 11) is 0. The first-order chi connectivity index (χ1) is 12.6. The monoisotopic (exact) mass is 368 g/mol. The van der Waals surface area contributed by atoms with Crippen molar-refractivity contribution in [3.05, 3.63) is 58.2 Å². The second-order valence-electron chi connectivity index (χ2n) is 6.46. The highest BCUT2D eigenvalue weighted by Gasteiger charge is 2.25. The Bertz CT molecular complexity index is 940. The number of thiophene rings is 1. The van der Waals surface area contributed by atoms with E-state index in [1.807, 2.05) is 57.0 Å². The van der Waals surface area contributed by atoms with Gasteiger partial charge in [-0.25, -0.2) is 4.98 Å². The van der Waals surface area contributed by atoms with E-state index in [2.05, 4.69) is 4.98 Å². The van der Waals surface area contributed by atoms with Crippen molar-refractivity contribution in [2.75, 3.05) is 26.2 Å². The average Bonchev–Trinajstić information content (AvgIpc) is 3.32. The highest BCUT2D eigenvalue weighted by molar-refractivity contribution is 7.12. The third-order valence-electron chi connectivity index (χ3n) is 4.79. The summed E-state index contributed by atoms with van der Waals surface area (Å²) >= 11 is 1.46. The van der Waals surface area contributed by atoms with Gasteiger partial charge >= 0.3 is 0 Å². The minimum absolute atomic E-state index is 0.0596. The molecule has 0 saturated carbocycles. The van der Waals surface area contributed by atoms with Gasteiger partial charge in [0.05, 0.1) is 17.0 Å². The maximum Gasteiger partial charge on any atom is 0.264 e. The Hall–Kier alpha value is -2.67. The number of imidazole rings is 1. The molecule has 2 amide bonds. The van der Waals surface area contributed by atoms with Gasteiger partial charge in [-0.3, -0.25) is 9.59 Å². The summed E-state index contributed by atoms with van der Waals surface area (Å²) in [5.74, 6) is 0.140. The number of aromatic nitrogens is 2. The lowest BCUT2D eigenvalue weighted by Gasteiger charge is -2.34. The molecule has 0 N–H and O–H groups in total. The van der Waals surface area contributed by atoms with Gasteiger partial charge in [-0.1, -0.05) is 12.1 Å². The van der Waals surface area contributed by atoms with Gasteiger partial charge in [0.25, 0.3) is 5.91 Å². The van der Waals surface area contributed by atoms with Gasteiger partial charge in [0.2, 0.25) is 5.91 Å².